The number of carbonyl (C=O) groups excluding carboxylic acids is 2. The van der Waals surface area contributed by atoms with Gasteiger partial charge in [-0.2, -0.15) is 0 Å². The second kappa shape index (κ2) is 14.5. The molecule has 0 amide bonds. The van der Waals surface area contributed by atoms with Crippen LogP contribution in [0.3, 0.4) is 0 Å². The zero-order valence-corrected chi connectivity index (χ0v) is 26.3. The summed E-state index contributed by atoms with van der Waals surface area (Å²) in [7, 11) is 0. The van der Waals surface area contributed by atoms with Crippen LogP contribution in [0.1, 0.15) is 80.6 Å². The molecule has 0 aromatic carbocycles. The van der Waals surface area contributed by atoms with Crippen LogP contribution in [0.5, 0.6) is 0 Å². The molecule has 1 saturated heterocycles. The molecule has 2 aliphatic carbocycles. The summed E-state index contributed by atoms with van der Waals surface area (Å²) in [6.45, 7) is 13.5. The molecule has 240 valence electrons. The Kier molecular flexibility index (Phi) is 12.1. The molecular weight excluding hydrogens is 540 g/mol. The summed E-state index contributed by atoms with van der Waals surface area (Å²) in [5.41, 5.74) is 0.933. The van der Waals surface area contributed by atoms with Crippen molar-refractivity contribution in [3.8, 4) is 0 Å². The molecule has 1 saturated carbocycles. The Labute approximate surface area is 251 Å². The fraction of sp³-hybridized carbons (Fsp3) is 0.818. The van der Waals surface area contributed by atoms with Crippen LogP contribution in [-0.2, 0) is 19.1 Å². The first-order chi connectivity index (χ1) is 19.7. The topological polar surface area (TPSA) is 154 Å². The summed E-state index contributed by atoms with van der Waals surface area (Å²) < 4.78 is 12.1. The molecular formula is C33H54O9. The molecule has 1 heterocycles. The average molecular weight is 595 g/mol. The fourth-order valence-corrected chi connectivity index (χ4v) is 8.42. The molecule has 1 aliphatic heterocycles. The molecule has 0 spiro atoms. The van der Waals surface area contributed by atoms with Gasteiger partial charge >= 0.3 is 0 Å². The molecule has 0 aromatic rings. The second-order valence-electron chi connectivity index (χ2n) is 13.6. The molecule has 5 N–H and O–H groups in total. The first-order valence-electron chi connectivity index (χ1n) is 15.7. The van der Waals surface area contributed by atoms with Gasteiger partial charge in [0.1, 0.15) is 36.5 Å². The monoisotopic (exact) mass is 594 g/mol. The molecule has 42 heavy (non-hydrogen) atoms. The van der Waals surface area contributed by atoms with Crippen LogP contribution < -0.4 is 0 Å². The van der Waals surface area contributed by atoms with Crippen molar-refractivity contribution in [2.24, 2.45) is 40.9 Å². The van der Waals surface area contributed by atoms with E-state index in [0.29, 0.717) is 18.6 Å². The summed E-state index contributed by atoms with van der Waals surface area (Å²) in [6.07, 6.45) is -1.20. The normalized spacial score (nSPS) is 41.3. The van der Waals surface area contributed by atoms with Crippen molar-refractivity contribution in [3.05, 3.63) is 23.3 Å². The Morgan fingerprint density at radius 1 is 1.19 bits per heavy atom. The van der Waals surface area contributed by atoms with Crippen molar-refractivity contribution in [2.75, 3.05) is 6.61 Å². The van der Waals surface area contributed by atoms with Crippen LogP contribution in [0.25, 0.3) is 0 Å². The quantitative estimate of drug-likeness (QED) is 0.130. The average Bonchev–Trinajstić information content (AvgIpc) is 2.93. The van der Waals surface area contributed by atoms with E-state index in [0.717, 1.165) is 30.4 Å². The van der Waals surface area contributed by atoms with Crippen LogP contribution in [0.15, 0.2) is 23.3 Å². The zero-order valence-electron chi connectivity index (χ0n) is 26.3. The highest BCUT2D eigenvalue weighted by molar-refractivity contribution is 5.94. The molecule has 2 fully saturated rings. The van der Waals surface area contributed by atoms with E-state index in [-0.39, 0.29) is 35.9 Å². The molecule has 14 atom stereocenters. The number of hydrogen-bond acceptors (Lipinski definition) is 9. The van der Waals surface area contributed by atoms with Gasteiger partial charge in [0.05, 0.1) is 25.2 Å². The number of hydrogen-bond donors (Lipinski definition) is 5. The number of allylic oxidation sites excluding steroid dienone is 3. The van der Waals surface area contributed by atoms with Gasteiger partial charge in [-0.05, 0) is 74.7 Å². The Bertz CT molecular complexity index is 992. The number of Topliss-reactive ketones (excluding diaryl/α,β-unsaturated/α-hetero) is 1. The van der Waals surface area contributed by atoms with Crippen molar-refractivity contribution in [3.63, 3.8) is 0 Å². The van der Waals surface area contributed by atoms with Crippen molar-refractivity contribution in [1.82, 2.24) is 0 Å². The lowest BCUT2D eigenvalue weighted by Gasteiger charge is -2.55. The molecule has 3 rings (SSSR count). The Hall–Kier alpha value is -1.46. The number of carbonyl (C=O) groups is 2. The van der Waals surface area contributed by atoms with Gasteiger partial charge in [0.15, 0.2) is 6.29 Å². The van der Waals surface area contributed by atoms with Gasteiger partial charge in [0.25, 0.3) is 0 Å². The van der Waals surface area contributed by atoms with Crippen LogP contribution in [-0.4, -0.2) is 87.1 Å². The molecule has 0 aromatic heterocycles. The van der Waals surface area contributed by atoms with E-state index >= 15 is 0 Å². The van der Waals surface area contributed by atoms with Gasteiger partial charge in [0.2, 0.25) is 0 Å². The van der Waals surface area contributed by atoms with E-state index in [1.54, 1.807) is 0 Å². The van der Waals surface area contributed by atoms with E-state index in [1.165, 1.54) is 0 Å². The number of rotatable bonds is 12. The van der Waals surface area contributed by atoms with E-state index in [9.17, 15) is 35.1 Å². The minimum Gasteiger partial charge on any atom is -0.394 e. The van der Waals surface area contributed by atoms with E-state index in [4.69, 9.17) is 9.47 Å². The van der Waals surface area contributed by atoms with Crippen LogP contribution >= 0.6 is 0 Å². The maximum Gasteiger partial charge on any atom is 0.186 e. The van der Waals surface area contributed by atoms with Gasteiger partial charge < -0.3 is 39.8 Å². The Balaban J connectivity index is 2.07. The lowest BCUT2D eigenvalue weighted by molar-refractivity contribution is -0.317. The zero-order chi connectivity index (χ0) is 31.5. The highest BCUT2D eigenvalue weighted by atomic mass is 16.7. The number of ketones is 1. The molecule has 0 radical (unpaired) electrons. The molecule has 0 bridgehead atoms. The van der Waals surface area contributed by atoms with Crippen LogP contribution in [0.2, 0.25) is 0 Å². The van der Waals surface area contributed by atoms with Crippen molar-refractivity contribution < 1.29 is 44.6 Å². The summed E-state index contributed by atoms with van der Waals surface area (Å²) in [5.74, 6) is 0.0925. The largest absolute Gasteiger partial charge is 0.394 e. The number of aliphatic hydroxyl groups is 5. The Morgan fingerprint density at radius 2 is 1.86 bits per heavy atom. The van der Waals surface area contributed by atoms with Crippen LogP contribution in [0.4, 0.5) is 0 Å². The van der Waals surface area contributed by atoms with Gasteiger partial charge in [-0.1, -0.05) is 52.3 Å². The maximum absolute atomic E-state index is 13.9. The maximum atomic E-state index is 13.9. The van der Waals surface area contributed by atoms with Gasteiger partial charge in [-0.25, -0.2) is 0 Å². The van der Waals surface area contributed by atoms with Gasteiger partial charge in [-0.15, -0.1) is 0 Å². The third-order valence-corrected chi connectivity index (χ3v) is 10.5. The fourth-order valence-electron chi connectivity index (χ4n) is 8.42. The molecule has 9 heteroatoms. The molecule has 9 nitrogen and oxygen atoms in total. The van der Waals surface area contributed by atoms with Gasteiger partial charge in [-0.3, -0.25) is 4.79 Å². The summed E-state index contributed by atoms with van der Waals surface area (Å²) in [5, 5.41) is 52.6. The lowest BCUT2D eigenvalue weighted by atomic mass is 9.48. The smallest absolute Gasteiger partial charge is 0.186 e. The third-order valence-electron chi connectivity index (χ3n) is 10.5. The first-order valence-corrected chi connectivity index (χ1v) is 15.7. The predicted octanol–water partition coefficient (Wildman–Crippen LogP) is 2.95. The second-order valence-corrected chi connectivity index (χ2v) is 13.6. The molecule has 3 aliphatic rings. The summed E-state index contributed by atoms with van der Waals surface area (Å²) >= 11 is 0. The highest BCUT2D eigenvalue weighted by Crippen LogP contribution is 2.58. The van der Waals surface area contributed by atoms with E-state index in [2.05, 4.69) is 19.9 Å². The number of aliphatic hydroxyl groups excluding tert-OH is 5. The summed E-state index contributed by atoms with van der Waals surface area (Å²) in [6, 6.07) is 0. The third kappa shape index (κ3) is 6.93. The standard InChI is InChI=1S/C33H54O9/c1-8-9-18(3)28(37)21(6)24(41-32-31(40)30(39)29(38)25(16-35)42-32)15-23-19(4)14-22-13-17(2)12-20(5)27(22)33(23,7)26(36)10-11-34/h9,11,14,17,20-25,27-32,35,37-40H,8,10,12-13,15-16H2,1-7H3/b18-9+/t17-,20+,21?,22+,23-,24?,25+,27-,28?,29+,30-,31+,32+,33+/m0/s1. The lowest BCUT2D eigenvalue weighted by Crippen LogP contribution is -2.60. The number of fused-ring (bicyclic) bond motifs is 1. The number of aldehydes is 1. The first kappa shape index (κ1) is 35.0. The van der Waals surface area contributed by atoms with Crippen LogP contribution in [0, 0.1) is 40.9 Å². The van der Waals surface area contributed by atoms with Crippen molar-refractivity contribution >= 4 is 12.1 Å². The van der Waals surface area contributed by atoms with E-state index in [1.807, 2.05) is 40.7 Å². The number of ether oxygens (including phenoxy) is 2. The predicted molar refractivity (Wildman–Crippen MR) is 158 cm³/mol. The SMILES string of the molecule is CC/C=C(\C)C(O)C(C)C(C[C@H]1C(C)=C[C@H]2C[C@@H](C)C[C@@H](C)[C@@H]2[C@@]1(C)C(=O)CC=O)O[C@@H]1O[C@H](CO)[C@@H](O)[C@H](O)[C@H]1O. The minimum atomic E-state index is -1.61. The molecule has 3 unspecified atom stereocenters. The van der Waals surface area contributed by atoms with Crippen molar-refractivity contribution in [2.45, 2.75) is 123 Å². The Morgan fingerprint density at radius 3 is 2.45 bits per heavy atom. The minimum absolute atomic E-state index is 0.0321. The van der Waals surface area contributed by atoms with Gasteiger partial charge in [0, 0.05) is 11.3 Å². The summed E-state index contributed by atoms with van der Waals surface area (Å²) in [4.78, 5) is 25.6. The van der Waals surface area contributed by atoms with E-state index < -0.39 is 60.9 Å². The van der Waals surface area contributed by atoms with Crippen molar-refractivity contribution in [1.29, 1.82) is 0 Å². The highest BCUT2D eigenvalue weighted by Gasteiger charge is 2.56.